The van der Waals surface area contributed by atoms with Crippen LogP contribution in [0.3, 0.4) is 0 Å². The lowest BCUT2D eigenvalue weighted by atomic mass is 9.95. The van der Waals surface area contributed by atoms with Gasteiger partial charge in [0.25, 0.3) is 0 Å². The zero-order valence-corrected chi connectivity index (χ0v) is 20.2. The molecule has 0 amide bonds. The van der Waals surface area contributed by atoms with E-state index in [-0.39, 0.29) is 18.0 Å². The van der Waals surface area contributed by atoms with Crippen LogP contribution in [-0.4, -0.2) is 34.7 Å². The molecule has 0 fully saturated rings. The fourth-order valence-corrected chi connectivity index (χ4v) is 3.79. The Hall–Kier alpha value is -4.60. The average Bonchev–Trinajstić information content (AvgIpc) is 3.57. The second-order valence-electron chi connectivity index (χ2n) is 8.38. The summed E-state index contributed by atoms with van der Waals surface area (Å²) in [6, 6.07) is 11.2. The Labute approximate surface area is 207 Å². The molecule has 182 valence electrons. The zero-order valence-electron chi connectivity index (χ0n) is 20.2. The second kappa shape index (κ2) is 9.95. The fraction of sp³-hybridized carbons (Fsp3) is 0.231. The van der Waals surface area contributed by atoms with Crippen LogP contribution < -0.4 is 10.2 Å². The minimum absolute atomic E-state index is 0.119. The maximum Gasteiger partial charge on any atom is 0.203 e. The first-order valence-electron chi connectivity index (χ1n) is 11.6. The van der Waals surface area contributed by atoms with Crippen molar-refractivity contribution in [2.45, 2.75) is 39.8 Å². The van der Waals surface area contributed by atoms with Gasteiger partial charge in [-0.05, 0) is 25.5 Å². The first-order valence-corrected chi connectivity index (χ1v) is 11.6. The normalized spacial score (nSPS) is 12.0. The van der Waals surface area contributed by atoms with Crippen LogP contribution in [0.4, 0.5) is 0 Å². The fourth-order valence-electron chi connectivity index (χ4n) is 3.79. The van der Waals surface area contributed by atoms with Crippen LogP contribution in [0.5, 0.6) is 5.75 Å². The molecule has 5 rings (SSSR count). The Morgan fingerprint density at radius 3 is 2.67 bits per heavy atom. The number of hydrogen-bond acceptors (Lipinski definition) is 8. The molecule has 5 aromatic rings. The van der Waals surface area contributed by atoms with E-state index in [0.717, 1.165) is 29.1 Å². The number of hydrogen-bond donors (Lipinski definition) is 0. The lowest BCUT2D eigenvalue weighted by Gasteiger charge is -2.13. The summed E-state index contributed by atoms with van der Waals surface area (Å²) in [5, 5.41) is 12.8. The van der Waals surface area contributed by atoms with Crippen molar-refractivity contribution in [3.05, 3.63) is 100 Å². The van der Waals surface area contributed by atoms with Gasteiger partial charge in [-0.25, -0.2) is 14.6 Å². The van der Waals surface area contributed by atoms with E-state index in [1.807, 2.05) is 62.0 Å². The van der Waals surface area contributed by atoms with E-state index in [1.54, 1.807) is 29.5 Å². The minimum Gasteiger partial charge on any atom is -0.482 e. The molecule has 0 aliphatic carbocycles. The maximum atomic E-state index is 12.7. The Kier molecular flexibility index (Phi) is 6.40. The van der Waals surface area contributed by atoms with Gasteiger partial charge in [0.2, 0.25) is 5.43 Å². The smallest absolute Gasteiger partial charge is 0.203 e. The van der Waals surface area contributed by atoms with Gasteiger partial charge in [-0.1, -0.05) is 30.3 Å². The molecule has 0 radical (unpaired) electrons. The van der Waals surface area contributed by atoms with Crippen LogP contribution >= 0.6 is 0 Å². The van der Waals surface area contributed by atoms with Crippen LogP contribution in [-0.2, 0) is 13.2 Å². The van der Waals surface area contributed by atoms with Gasteiger partial charge in [0.15, 0.2) is 17.3 Å². The van der Waals surface area contributed by atoms with Crippen LogP contribution in [0, 0.1) is 6.92 Å². The average molecular weight is 484 g/mol. The molecule has 0 bridgehead atoms. The largest absolute Gasteiger partial charge is 0.482 e. The van der Waals surface area contributed by atoms with Crippen LogP contribution in [0.2, 0.25) is 0 Å². The summed E-state index contributed by atoms with van der Waals surface area (Å²) in [7, 11) is 0. The summed E-state index contributed by atoms with van der Waals surface area (Å²) in [4.78, 5) is 21.6. The summed E-state index contributed by atoms with van der Waals surface area (Å²) in [6.45, 7) is 6.83. The predicted molar refractivity (Wildman–Crippen MR) is 132 cm³/mol. The SMILES string of the molecule is CCn1cc(-n2ccc(=O)c(C(C)c3cccc(-c4ncc(OCc5cc(C)no5)cn4)c3)n2)cn1. The highest BCUT2D eigenvalue weighted by atomic mass is 16.5. The zero-order chi connectivity index (χ0) is 25.1. The molecule has 1 atom stereocenters. The maximum absolute atomic E-state index is 12.7. The Bertz CT molecular complexity index is 1540. The molecule has 0 aliphatic heterocycles. The van der Waals surface area contributed by atoms with Crippen molar-refractivity contribution in [2.75, 3.05) is 0 Å². The number of nitrogens with zero attached hydrogens (tertiary/aromatic N) is 7. The van der Waals surface area contributed by atoms with E-state index in [0.29, 0.717) is 23.0 Å². The van der Waals surface area contributed by atoms with Crippen molar-refractivity contribution in [1.82, 2.24) is 34.7 Å². The molecule has 10 heteroatoms. The van der Waals surface area contributed by atoms with Crippen molar-refractivity contribution in [3.8, 4) is 22.8 Å². The third-order valence-corrected chi connectivity index (χ3v) is 5.78. The van der Waals surface area contributed by atoms with Gasteiger partial charge in [-0.3, -0.25) is 9.48 Å². The number of aryl methyl sites for hydroxylation is 2. The van der Waals surface area contributed by atoms with Gasteiger partial charge >= 0.3 is 0 Å². The Morgan fingerprint density at radius 1 is 1.11 bits per heavy atom. The van der Waals surface area contributed by atoms with Gasteiger partial charge in [0, 0.05) is 36.4 Å². The second-order valence-corrected chi connectivity index (χ2v) is 8.38. The van der Waals surface area contributed by atoms with E-state index >= 15 is 0 Å². The summed E-state index contributed by atoms with van der Waals surface area (Å²) in [5.74, 6) is 1.47. The third kappa shape index (κ3) is 4.92. The Balaban J connectivity index is 1.35. The molecule has 0 aliphatic rings. The molecule has 1 aromatic carbocycles. The molecule has 10 nitrogen and oxygen atoms in total. The number of aromatic nitrogens is 7. The van der Waals surface area contributed by atoms with Crippen molar-refractivity contribution in [3.63, 3.8) is 0 Å². The number of rotatable bonds is 8. The van der Waals surface area contributed by atoms with Gasteiger partial charge in [0.1, 0.15) is 18.0 Å². The molecule has 36 heavy (non-hydrogen) atoms. The third-order valence-electron chi connectivity index (χ3n) is 5.78. The van der Waals surface area contributed by atoms with Crippen LogP contribution in [0.25, 0.3) is 17.1 Å². The van der Waals surface area contributed by atoms with Gasteiger partial charge in [-0.15, -0.1) is 0 Å². The monoisotopic (exact) mass is 483 g/mol. The highest BCUT2D eigenvalue weighted by Crippen LogP contribution is 2.25. The van der Waals surface area contributed by atoms with Crippen LogP contribution in [0.1, 0.15) is 42.5 Å². The predicted octanol–water partition coefficient (Wildman–Crippen LogP) is 3.93. The van der Waals surface area contributed by atoms with Crippen molar-refractivity contribution in [1.29, 1.82) is 0 Å². The van der Waals surface area contributed by atoms with Gasteiger partial charge in [-0.2, -0.15) is 10.2 Å². The van der Waals surface area contributed by atoms with Gasteiger partial charge < -0.3 is 9.26 Å². The van der Waals surface area contributed by atoms with Crippen molar-refractivity contribution in [2.24, 2.45) is 0 Å². The highest BCUT2D eigenvalue weighted by molar-refractivity contribution is 5.57. The lowest BCUT2D eigenvalue weighted by molar-refractivity contribution is 0.247. The van der Waals surface area contributed by atoms with E-state index in [4.69, 9.17) is 9.26 Å². The molecule has 0 saturated carbocycles. The number of benzene rings is 1. The summed E-state index contributed by atoms with van der Waals surface area (Å²) in [6.07, 6.45) is 8.52. The van der Waals surface area contributed by atoms with E-state index in [1.165, 1.54) is 6.07 Å². The molecule has 0 N–H and O–H groups in total. The minimum atomic E-state index is -0.237. The van der Waals surface area contributed by atoms with Crippen LogP contribution in [0.15, 0.2) is 76.7 Å². The van der Waals surface area contributed by atoms with Crippen molar-refractivity contribution >= 4 is 0 Å². The highest BCUT2D eigenvalue weighted by Gasteiger charge is 2.16. The first kappa shape index (κ1) is 23.2. The topological polar surface area (TPSA) is 114 Å². The van der Waals surface area contributed by atoms with Crippen molar-refractivity contribution < 1.29 is 9.26 Å². The summed E-state index contributed by atoms with van der Waals surface area (Å²) >= 11 is 0. The molecular weight excluding hydrogens is 458 g/mol. The first-order chi connectivity index (χ1) is 17.5. The van der Waals surface area contributed by atoms with E-state index < -0.39 is 0 Å². The van der Waals surface area contributed by atoms with E-state index in [9.17, 15) is 4.79 Å². The molecule has 0 spiro atoms. The summed E-state index contributed by atoms with van der Waals surface area (Å²) in [5.41, 5.74) is 3.69. The molecule has 0 saturated heterocycles. The standard InChI is InChI=1S/C26H25N7O3/c1-4-32-15-21(12-29-32)33-9-8-24(34)25(30-33)18(3)19-6-5-7-20(11-19)26-27-13-23(14-28-26)35-16-22-10-17(2)31-36-22/h5-15,18H,4,16H2,1-3H3. The molecular formula is C26H25N7O3. The number of ether oxygens (including phenoxy) is 1. The van der Waals surface area contributed by atoms with Gasteiger partial charge in [0.05, 0.1) is 30.5 Å². The summed E-state index contributed by atoms with van der Waals surface area (Å²) < 4.78 is 14.3. The van der Waals surface area contributed by atoms with E-state index in [2.05, 4.69) is 25.3 Å². The molecule has 4 aromatic heterocycles. The Morgan fingerprint density at radius 2 is 1.94 bits per heavy atom. The molecule has 4 heterocycles. The quantitative estimate of drug-likeness (QED) is 0.326. The molecule has 1 unspecified atom stereocenters. The lowest BCUT2D eigenvalue weighted by Crippen LogP contribution is -2.18.